The van der Waals surface area contributed by atoms with E-state index in [2.05, 4.69) is 0 Å². The molecule has 0 aromatic carbocycles. The van der Waals surface area contributed by atoms with Crippen LogP contribution in [0.25, 0.3) is 0 Å². The van der Waals surface area contributed by atoms with Crippen LogP contribution in [0.3, 0.4) is 0 Å². The molecule has 0 saturated carbocycles. The largest absolute Gasteiger partial charge is 0.412 e. The third-order valence-corrected chi connectivity index (χ3v) is 0.696. The Morgan fingerprint density at radius 2 is 1.78 bits per heavy atom. The van der Waals surface area contributed by atoms with Gasteiger partial charge in [0.05, 0.1) is 0 Å². The summed E-state index contributed by atoms with van der Waals surface area (Å²) in [5, 5.41) is 0. The fourth-order valence-corrected chi connectivity index (χ4v) is 0.575. The summed E-state index contributed by atoms with van der Waals surface area (Å²) in [4.78, 5) is 10.3. The molecule has 9 heavy (non-hydrogen) atoms. The fourth-order valence-electron chi connectivity index (χ4n) is 0.575. The Kier molecular flexibility index (Phi) is 14.9. The van der Waals surface area contributed by atoms with Gasteiger partial charge in [0, 0.05) is 27.5 Å². The number of ketones is 1. The van der Waals surface area contributed by atoms with E-state index in [9.17, 15) is 4.79 Å². The molecule has 0 fully saturated rings. The Morgan fingerprint density at radius 3 is 1.78 bits per heavy atom. The summed E-state index contributed by atoms with van der Waals surface area (Å²) in [6.45, 7) is 5.71. The molecule has 0 radical (unpaired) electrons. The van der Waals surface area contributed by atoms with Crippen molar-refractivity contribution in [2.24, 2.45) is 5.92 Å². The number of rotatable bonds is 2. The summed E-state index contributed by atoms with van der Waals surface area (Å²) in [5.74, 6) is 0.813. The first-order valence-electron chi connectivity index (χ1n) is 2.62. The quantitative estimate of drug-likeness (QED) is 0.744. The van der Waals surface area contributed by atoms with E-state index >= 15 is 0 Å². The fraction of sp³-hybridized carbons (Fsp3) is 0.833. The van der Waals surface area contributed by atoms with Crippen molar-refractivity contribution in [3.63, 3.8) is 0 Å². The van der Waals surface area contributed by atoms with Gasteiger partial charge in [-0.3, -0.25) is 0 Å². The van der Waals surface area contributed by atoms with Crippen LogP contribution in [-0.4, -0.2) is 11.3 Å². The maximum Gasteiger partial charge on any atom is 0.130 e. The molecule has 0 aliphatic rings. The van der Waals surface area contributed by atoms with Gasteiger partial charge >= 0.3 is 0 Å². The van der Waals surface area contributed by atoms with Gasteiger partial charge in [-0.2, -0.15) is 0 Å². The Balaban J connectivity index is -0.000000180. The third kappa shape index (κ3) is 17.8. The zero-order valence-corrected chi connectivity index (χ0v) is 9.03. The molecule has 0 aromatic heterocycles. The van der Waals surface area contributed by atoms with E-state index in [0.717, 1.165) is 6.42 Å². The summed E-state index contributed by atoms with van der Waals surface area (Å²) in [7, 11) is 0. The Hall–Kier alpha value is 0.318. The smallest absolute Gasteiger partial charge is 0.130 e. The molecule has 3 heteroatoms. The minimum atomic E-state index is 0. The number of hydrogen-bond donors (Lipinski definition) is 0. The molecule has 0 saturated heterocycles. The van der Waals surface area contributed by atoms with Crippen LogP contribution in [0.2, 0.25) is 0 Å². The number of carbonyl (C=O) groups excluding carboxylic acids is 1. The molecule has 56 valence electrons. The molecule has 2 nitrogen and oxygen atoms in total. The molecule has 0 spiro atoms. The van der Waals surface area contributed by atoms with E-state index in [-0.39, 0.29) is 32.3 Å². The van der Waals surface area contributed by atoms with Gasteiger partial charge in [-0.1, -0.05) is 13.8 Å². The first-order valence-corrected chi connectivity index (χ1v) is 2.62. The monoisotopic (exact) mass is 302 g/mol. The molecule has 0 aliphatic heterocycles. The van der Waals surface area contributed by atoms with Crippen LogP contribution >= 0.6 is 0 Å². The third-order valence-electron chi connectivity index (χ3n) is 0.696. The van der Waals surface area contributed by atoms with Gasteiger partial charge in [0.2, 0.25) is 0 Å². The summed E-state index contributed by atoms with van der Waals surface area (Å²) < 4.78 is 0. The summed E-state index contributed by atoms with van der Waals surface area (Å²) in [5.41, 5.74) is 0. The Labute approximate surface area is 70.6 Å². The van der Waals surface area contributed by atoms with Crippen LogP contribution in [0.4, 0.5) is 0 Å². The van der Waals surface area contributed by atoms with Crippen molar-refractivity contribution < 1.29 is 31.3 Å². The maximum atomic E-state index is 10.3. The number of Topliss-reactive ketones (excluding diaryl/α,β-unsaturated/α-hetero) is 1. The first-order chi connectivity index (χ1) is 3.13. The molecule has 2 N–H and O–H groups in total. The maximum absolute atomic E-state index is 10.3. The Bertz CT molecular complexity index is 71.5. The van der Waals surface area contributed by atoms with Crippen LogP contribution in [0.15, 0.2) is 0 Å². The van der Waals surface area contributed by atoms with Crippen LogP contribution in [0.1, 0.15) is 27.2 Å². The molecular weight excluding hydrogens is 288 g/mol. The number of carbonyl (C=O) groups is 1. The molecule has 0 amide bonds. The minimum absolute atomic E-state index is 0. The van der Waals surface area contributed by atoms with Gasteiger partial charge in [0.15, 0.2) is 0 Å². The molecular formula is C6H14O2W. The molecule has 0 heterocycles. The zero-order chi connectivity index (χ0) is 5.86. The van der Waals surface area contributed by atoms with Gasteiger partial charge in [0.1, 0.15) is 5.78 Å². The van der Waals surface area contributed by atoms with Crippen molar-refractivity contribution in [1.82, 2.24) is 0 Å². The van der Waals surface area contributed by atoms with Gasteiger partial charge < -0.3 is 10.3 Å². The Morgan fingerprint density at radius 1 is 1.44 bits per heavy atom. The second-order valence-corrected chi connectivity index (χ2v) is 2.30. The van der Waals surface area contributed by atoms with E-state index in [1.54, 1.807) is 6.92 Å². The molecule has 0 atom stereocenters. The van der Waals surface area contributed by atoms with Crippen LogP contribution < -0.4 is 0 Å². The molecule has 0 aliphatic carbocycles. The summed E-state index contributed by atoms with van der Waals surface area (Å²) in [6.07, 6.45) is 0.722. The van der Waals surface area contributed by atoms with Gasteiger partial charge in [-0.05, 0) is 12.8 Å². The van der Waals surface area contributed by atoms with Crippen molar-refractivity contribution >= 4 is 5.78 Å². The van der Waals surface area contributed by atoms with Gasteiger partial charge in [0.25, 0.3) is 0 Å². The van der Waals surface area contributed by atoms with Crippen LogP contribution in [0, 0.1) is 5.92 Å². The van der Waals surface area contributed by atoms with E-state index in [0.29, 0.717) is 5.92 Å². The summed E-state index contributed by atoms with van der Waals surface area (Å²) in [6, 6.07) is 0. The van der Waals surface area contributed by atoms with Crippen molar-refractivity contribution in [2.45, 2.75) is 27.2 Å². The SMILES string of the molecule is CC(=O)CC(C)C.O.[W]. The van der Waals surface area contributed by atoms with E-state index < -0.39 is 0 Å². The summed E-state index contributed by atoms with van der Waals surface area (Å²) >= 11 is 0. The molecule has 0 bridgehead atoms. The van der Waals surface area contributed by atoms with E-state index in [4.69, 9.17) is 0 Å². The van der Waals surface area contributed by atoms with Crippen molar-refractivity contribution in [3.8, 4) is 0 Å². The van der Waals surface area contributed by atoms with Gasteiger partial charge in [-0.25, -0.2) is 0 Å². The predicted molar refractivity (Wildman–Crippen MR) is 33.7 cm³/mol. The van der Waals surface area contributed by atoms with Crippen molar-refractivity contribution in [1.29, 1.82) is 0 Å². The zero-order valence-electron chi connectivity index (χ0n) is 6.10. The first kappa shape index (κ1) is 16.2. The van der Waals surface area contributed by atoms with Crippen LogP contribution in [0.5, 0.6) is 0 Å². The van der Waals surface area contributed by atoms with Crippen LogP contribution in [-0.2, 0) is 25.9 Å². The molecule has 0 aromatic rings. The van der Waals surface area contributed by atoms with Crippen molar-refractivity contribution in [2.75, 3.05) is 0 Å². The average Bonchev–Trinajstić information content (AvgIpc) is 1.27. The minimum Gasteiger partial charge on any atom is -0.412 e. The second kappa shape index (κ2) is 8.32. The average molecular weight is 302 g/mol. The normalized spacial score (nSPS) is 7.56. The van der Waals surface area contributed by atoms with Crippen molar-refractivity contribution in [3.05, 3.63) is 0 Å². The second-order valence-electron chi connectivity index (χ2n) is 2.30. The van der Waals surface area contributed by atoms with E-state index in [1.165, 1.54) is 0 Å². The van der Waals surface area contributed by atoms with E-state index in [1.807, 2.05) is 13.8 Å². The standard InChI is InChI=1S/C6H12O.H2O.W/c1-5(2)4-6(3)7;;/h5H,4H2,1-3H3;1H2;. The molecule has 0 unspecified atom stereocenters. The van der Waals surface area contributed by atoms with Gasteiger partial charge in [-0.15, -0.1) is 0 Å². The number of hydrogen-bond acceptors (Lipinski definition) is 1. The predicted octanol–water partition coefficient (Wildman–Crippen LogP) is 0.794. The topological polar surface area (TPSA) is 48.6 Å². The molecule has 0 rings (SSSR count).